The number of piperazine rings is 1. The second-order valence-electron chi connectivity index (χ2n) is 15.2. The highest BCUT2D eigenvalue weighted by molar-refractivity contribution is 6.01. The van der Waals surface area contributed by atoms with E-state index in [4.69, 9.17) is 0 Å². The van der Waals surface area contributed by atoms with Gasteiger partial charge in [0, 0.05) is 87.5 Å². The van der Waals surface area contributed by atoms with Crippen molar-refractivity contribution in [3.63, 3.8) is 0 Å². The van der Waals surface area contributed by atoms with Crippen LogP contribution in [0.3, 0.4) is 0 Å². The summed E-state index contributed by atoms with van der Waals surface area (Å²) in [6, 6.07) is 15.3. The molecule has 3 fully saturated rings. The number of aryl methyl sites for hydroxylation is 1. The Kier molecular flexibility index (Phi) is 10.6. The molecule has 0 spiro atoms. The van der Waals surface area contributed by atoms with Crippen molar-refractivity contribution in [3.05, 3.63) is 83.9 Å². The molecule has 13 nitrogen and oxygen atoms in total. The fourth-order valence-corrected chi connectivity index (χ4v) is 8.23. The summed E-state index contributed by atoms with van der Waals surface area (Å²) in [5, 5.41) is 8.72. The predicted molar refractivity (Wildman–Crippen MR) is 212 cm³/mol. The molecule has 5 aromatic rings. The number of rotatable bonds is 10. The number of nitrogens with zero attached hydrogens (tertiary/aromatic N) is 8. The number of anilines is 4. The van der Waals surface area contributed by atoms with Crippen molar-refractivity contribution in [2.24, 2.45) is 0 Å². The van der Waals surface area contributed by atoms with Crippen molar-refractivity contribution in [3.8, 4) is 11.3 Å². The molecule has 3 saturated heterocycles. The fourth-order valence-electron chi connectivity index (χ4n) is 8.23. The van der Waals surface area contributed by atoms with E-state index in [9.17, 15) is 9.59 Å². The molecule has 3 N–H and O–H groups in total. The van der Waals surface area contributed by atoms with Gasteiger partial charge in [0.05, 0.1) is 11.7 Å². The molecule has 2 aromatic carbocycles. The maximum Gasteiger partial charge on any atom is 0.249 e. The number of hydrogen-bond acceptors (Lipinski definition) is 11. The molecule has 0 radical (unpaired) electrons. The van der Waals surface area contributed by atoms with E-state index < -0.39 is 11.6 Å². The van der Waals surface area contributed by atoms with Gasteiger partial charge in [-0.3, -0.25) is 24.7 Å². The van der Waals surface area contributed by atoms with Crippen LogP contribution in [-0.4, -0.2) is 97.5 Å². The molecule has 15 heteroatoms. The Morgan fingerprint density at radius 2 is 1.64 bits per heavy atom. The Balaban J connectivity index is 0.807. The predicted octanol–water partition coefficient (Wildman–Crippen LogP) is 5.80. The summed E-state index contributed by atoms with van der Waals surface area (Å²) in [5.74, 6) is -0.285. The lowest BCUT2D eigenvalue weighted by Gasteiger charge is -2.43. The van der Waals surface area contributed by atoms with Gasteiger partial charge in [0.25, 0.3) is 0 Å². The van der Waals surface area contributed by atoms with Crippen molar-refractivity contribution < 1.29 is 18.4 Å². The molecule has 3 aliphatic rings. The van der Waals surface area contributed by atoms with E-state index in [2.05, 4.69) is 62.7 Å². The molecular formula is C41H47F2N11O2. The number of carbonyl (C=O) groups excluding carboxylic acids is 2. The highest BCUT2D eigenvalue weighted by Crippen LogP contribution is 2.31. The van der Waals surface area contributed by atoms with Crippen molar-refractivity contribution in [2.45, 2.75) is 71.1 Å². The number of aromatic nitrogens is 5. The molecule has 56 heavy (non-hydrogen) atoms. The van der Waals surface area contributed by atoms with E-state index in [0.29, 0.717) is 41.6 Å². The molecular weight excluding hydrogens is 717 g/mol. The summed E-state index contributed by atoms with van der Waals surface area (Å²) in [5.41, 5.74) is 4.29. The van der Waals surface area contributed by atoms with Crippen molar-refractivity contribution in [1.82, 2.24) is 39.6 Å². The van der Waals surface area contributed by atoms with Crippen molar-refractivity contribution >= 4 is 46.0 Å². The zero-order chi connectivity index (χ0) is 38.9. The van der Waals surface area contributed by atoms with E-state index >= 15 is 8.78 Å². The third-order valence-corrected chi connectivity index (χ3v) is 11.1. The summed E-state index contributed by atoms with van der Waals surface area (Å²) >= 11 is 0. The third-order valence-electron chi connectivity index (χ3n) is 11.1. The molecule has 0 saturated carbocycles. The summed E-state index contributed by atoms with van der Waals surface area (Å²) in [4.78, 5) is 48.6. The minimum absolute atomic E-state index is 0.00773. The summed E-state index contributed by atoms with van der Waals surface area (Å²) in [6.45, 7) is 12.6. The molecule has 0 bridgehead atoms. The Morgan fingerprint density at radius 1 is 0.875 bits per heavy atom. The van der Waals surface area contributed by atoms with E-state index in [1.807, 2.05) is 55.8 Å². The minimum atomic E-state index is -0.652. The van der Waals surface area contributed by atoms with Gasteiger partial charge in [-0.15, -0.1) is 0 Å². The molecule has 0 aliphatic carbocycles. The van der Waals surface area contributed by atoms with Crippen LogP contribution in [0.15, 0.2) is 60.9 Å². The Morgan fingerprint density at radius 3 is 2.34 bits per heavy atom. The number of carbonyl (C=O) groups is 2. The number of imide groups is 1. The fraction of sp³-hybridized carbons (Fsp3) is 0.415. The summed E-state index contributed by atoms with van der Waals surface area (Å²) < 4.78 is 32.1. The van der Waals surface area contributed by atoms with Crippen LogP contribution in [0.25, 0.3) is 22.3 Å². The normalized spacial score (nSPS) is 18.8. The first-order valence-corrected chi connectivity index (χ1v) is 19.4. The van der Waals surface area contributed by atoms with Crippen molar-refractivity contribution in [1.29, 1.82) is 0 Å². The molecule has 292 valence electrons. The highest BCUT2D eigenvalue weighted by atomic mass is 19.1. The smallest absolute Gasteiger partial charge is 0.249 e. The number of benzene rings is 2. The molecule has 8 rings (SSSR count). The largest absolute Gasteiger partial charge is 0.374 e. The van der Waals surface area contributed by atoms with E-state index in [0.717, 1.165) is 76.1 Å². The van der Waals surface area contributed by atoms with Crippen molar-refractivity contribution in [2.75, 3.05) is 54.8 Å². The van der Waals surface area contributed by atoms with Crippen LogP contribution in [0.5, 0.6) is 0 Å². The lowest BCUT2D eigenvalue weighted by molar-refractivity contribution is -0.133. The first-order chi connectivity index (χ1) is 27.1. The van der Waals surface area contributed by atoms with Gasteiger partial charge in [0.15, 0.2) is 11.6 Å². The van der Waals surface area contributed by atoms with Gasteiger partial charge < -0.3 is 20.1 Å². The van der Waals surface area contributed by atoms with E-state index in [1.165, 1.54) is 11.8 Å². The van der Waals surface area contributed by atoms with Crippen LogP contribution in [0.4, 0.5) is 31.9 Å². The summed E-state index contributed by atoms with van der Waals surface area (Å²) in [7, 11) is 0. The molecule has 2 amide bonds. The number of fused-ring (bicyclic) bond motifs is 1. The molecule has 3 aromatic heterocycles. The number of pyridine rings is 1. The lowest BCUT2D eigenvalue weighted by atomic mass is 10.0. The standard InChI is InChI=1S/C41H47F2N11O2/c1-25(2)54-26(3)46-39-32(42)20-28(21-35(39)54)38-33(43)23-45-41(50-38)48-36-10-4-27(22-44-36)24-51-16-18-53(19-17-51)31-12-14-52(15-13-31)30-7-5-29(6-8-30)47-34-9-11-37(55)49-40(34)56/h4-8,10,20-23,25,31,34,47H,9,11-19,24H2,1-3H3,(H,49,55,56)(H,44,45,48,50). The summed E-state index contributed by atoms with van der Waals surface area (Å²) in [6.07, 6.45) is 6.01. The SMILES string of the molecule is Cc1nc2c(F)cc(-c3nc(Nc4ccc(CN5CCN(C6CCN(c7ccc(NC8CCC(=O)NC8=O)cc7)CC6)CC5)cn4)ncc3F)cc2n1C(C)C. The molecule has 1 unspecified atom stereocenters. The van der Waals surface area contributed by atoms with Gasteiger partial charge >= 0.3 is 0 Å². The van der Waals surface area contributed by atoms with Gasteiger partial charge in [-0.05, 0) is 88.1 Å². The maximum atomic E-state index is 15.1. The Bertz CT molecular complexity index is 2210. The lowest BCUT2D eigenvalue weighted by Crippen LogP contribution is -2.53. The minimum Gasteiger partial charge on any atom is -0.374 e. The van der Waals surface area contributed by atoms with Gasteiger partial charge in [0.2, 0.25) is 17.8 Å². The third kappa shape index (κ3) is 8.05. The van der Waals surface area contributed by atoms with E-state index in [1.54, 1.807) is 6.07 Å². The Labute approximate surface area is 324 Å². The van der Waals surface area contributed by atoms with Gasteiger partial charge in [-0.2, -0.15) is 0 Å². The Hall–Kier alpha value is -5.54. The van der Waals surface area contributed by atoms with Crippen LogP contribution in [-0.2, 0) is 16.1 Å². The van der Waals surface area contributed by atoms with Crippen LogP contribution < -0.4 is 20.9 Å². The zero-order valence-corrected chi connectivity index (χ0v) is 31.9. The number of imidazole rings is 1. The first-order valence-electron chi connectivity index (χ1n) is 19.4. The maximum absolute atomic E-state index is 15.1. The first kappa shape index (κ1) is 37.4. The zero-order valence-electron chi connectivity index (χ0n) is 31.9. The average molecular weight is 764 g/mol. The van der Waals surface area contributed by atoms with Gasteiger partial charge in [-0.25, -0.2) is 28.7 Å². The number of hydrogen-bond donors (Lipinski definition) is 3. The number of halogens is 2. The van der Waals surface area contributed by atoms with Crippen LogP contribution in [0.2, 0.25) is 0 Å². The second kappa shape index (κ2) is 15.9. The second-order valence-corrected chi connectivity index (χ2v) is 15.2. The van der Waals surface area contributed by atoms with Crippen LogP contribution >= 0.6 is 0 Å². The van der Waals surface area contributed by atoms with E-state index in [-0.39, 0.29) is 41.1 Å². The number of piperidine rings is 2. The topological polar surface area (TPSA) is 136 Å². The molecule has 1 atom stereocenters. The van der Waals surface area contributed by atoms with Gasteiger partial charge in [0.1, 0.15) is 28.9 Å². The van der Waals surface area contributed by atoms with Crippen LogP contribution in [0.1, 0.15) is 57.0 Å². The average Bonchev–Trinajstić information content (AvgIpc) is 3.54. The molecule has 6 heterocycles. The quantitative estimate of drug-likeness (QED) is 0.149. The highest BCUT2D eigenvalue weighted by Gasteiger charge is 2.29. The number of nitrogens with one attached hydrogen (secondary N) is 3. The van der Waals surface area contributed by atoms with Gasteiger partial charge in [-0.1, -0.05) is 6.07 Å². The monoisotopic (exact) mass is 763 g/mol. The number of amides is 2. The van der Waals surface area contributed by atoms with Crippen LogP contribution in [0, 0.1) is 18.6 Å². The molecule has 3 aliphatic heterocycles.